The minimum Gasteiger partial charge on any atom is -0.481 e. The fourth-order valence-corrected chi connectivity index (χ4v) is 2.20. The van der Waals surface area contributed by atoms with Crippen molar-refractivity contribution in [2.45, 2.75) is 13.1 Å². The zero-order valence-corrected chi connectivity index (χ0v) is 16.3. The van der Waals surface area contributed by atoms with Gasteiger partial charge in [0.05, 0.1) is 25.9 Å². The lowest BCUT2D eigenvalue weighted by atomic mass is 10.3. The highest BCUT2D eigenvalue weighted by atomic mass is 127. The Morgan fingerprint density at radius 3 is 2.74 bits per heavy atom. The molecular formula is C16H24IN5O. The number of aryl methyl sites for hydroxylation is 1. The maximum Gasteiger partial charge on any atom is 0.213 e. The molecule has 126 valence electrons. The topological polar surface area (TPSA) is 54.7 Å². The summed E-state index contributed by atoms with van der Waals surface area (Å²) in [4.78, 5) is 10.8. The summed E-state index contributed by atoms with van der Waals surface area (Å²) in [7, 11) is 7.45. The highest BCUT2D eigenvalue weighted by molar-refractivity contribution is 14.0. The first-order valence-electron chi connectivity index (χ1n) is 7.16. The van der Waals surface area contributed by atoms with Gasteiger partial charge in [0.15, 0.2) is 5.96 Å². The lowest BCUT2D eigenvalue weighted by Gasteiger charge is -2.22. The van der Waals surface area contributed by atoms with Crippen molar-refractivity contribution < 1.29 is 4.74 Å². The van der Waals surface area contributed by atoms with Crippen LogP contribution >= 0.6 is 24.0 Å². The van der Waals surface area contributed by atoms with Crippen molar-refractivity contribution in [1.29, 1.82) is 0 Å². The molecule has 0 spiro atoms. The van der Waals surface area contributed by atoms with E-state index in [0.29, 0.717) is 12.4 Å². The van der Waals surface area contributed by atoms with Gasteiger partial charge in [0.25, 0.3) is 0 Å². The van der Waals surface area contributed by atoms with E-state index in [2.05, 4.69) is 30.8 Å². The van der Waals surface area contributed by atoms with Crippen molar-refractivity contribution in [1.82, 2.24) is 19.8 Å². The summed E-state index contributed by atoms with van der Waals surface area (Å²) in [5, 5.41) is 3.32. The van der Waals surface area contributed by atoms with E-state index in [1.807, 2.05) is 44.6 Å². The number of hydrogen-bond donors (Lipinski definition) is 1. The van der Waals surface area contributed by atoms with Crippen molar-refractivity contribution in [2.75, 3.05) is 21.2 Å². The van der Waals surface area contributed by atoms with Crippen LogP contribution in [0.2, 0.25) is 0 Å². The Kier molecular flexibility index (Phi) is 7.87. The van der Waals surface area contributed by atoms with Gasteiger partial charge in [-0.3, -0.25) is 4.99 Å². The summed E-state index contributed by atoms with van der Waals surface area (Å²) >= 11 is 0. The molecular weight excluding hydrogens is 405 g/mol. The number of ether oxygens (including phenoxy) is 1. The molecule has 23 heavy (non-hydrogen) atoms. The molecule has 2 aromatic heterocycles. The van der Waals surface area contributed by atoms with Gasteiger partial charge in [0, 0.05) is 39.1 Å². The lowest BCUT2D eigenvalue weighted by molar-refractivity contribution is 0.395. The summed E-state index contributed by atoms with van der Waals surface area (Å²) in [6.45, 7) is 1.38. The Morgan fingerprint density at radius 2 is 2.13 bits per heavy atom. The average Bonchev–Trinajstić information content (AvgIpc) is 2.93. The second-order valence-electron chi connectivity index (χ2n) is 5.04. The first-order valence-corrected chi connectivity index (χ1v) is 7.16. The predicted molar refractivity (Wildman–Crippen MR) is 103 cm³/mol. The summed E-state index contributed by atoms with van der Waals surface area (Å²) < 4.78 is 7.24. The first-order chi connectivity index (χ1) is 10.6. The molecule has 0 bridgehead atoms. The molecule has 7 heteroatoms. The summed E-state index contributed by atoms with van der Waals surface area (Å²) in [5.74, 6) is 1.44. The molecule has 0 radical (unpaired) electrons. The molecule has 0 fully saturated rings. The normalized spacial score (nSPS) is 10.9. The Hall–Kier alpha value is -1.77. The van der Waals surface area contributed by atoms with E-state index < -0.39 is 0 Å². The summed E-state index contributed by atoms with van der Waals surface area (Å²) in [6.07, 6.45) is 2.04. The monoisotopic (exact) mass is 429 g/mol. The van der Waals surface area contributed by atoms with Gasteiger partial charge < -0.3 is 19.5 Å². The molecule has 0 saturated carbocycles. The van der Waals surface area contributed by atoms with Gasteiger partial charge in [0.2, 0.25) is 5.88 Å². The summed E-state index contributed by atoms with van der Waals surface area (Å²) in [5.41, 5.74) is 2.14. The largest absolute Gasteiger partial charge is 0.481 e. The van der Waals surface area contributed by atoms with E-state index in [1.54, 1.807) is 14.2 Å². The van der Waals surface area contributed by atoms with Crippen LogP contribution in [0.3, 0.4) is 0 Å². The lowest BCUT2D eigenvalue weighted by Crippen LogP contribution is -2.38. The van der Waals surface area contributed by atoms with Crippen LogP contribution in [-0.2, 0) is 20.1 Å². The van der Waals surface area contributed by atoms with Gasteiger partial charge in [0.1, 0.15) is 0 Å². The van der Waals surface area contributed by atoms with Crippen LogP contribution in [-0.4, -0.2) is 41.6 Å². The fourth-order valence-electron chi connectivity index (χ4n) is 2.20. The first kappa shape index (κ1) is 19.3. The molecule has 2 aromatic rings. The smallest absolute Gasteiger partial charge is 0.213 e. The Bertz CT molecular complexity index is 641. The zero-order chi connectivity index (χ0) is 15.9. The van der Waals surface area contributed by atoms with Crippen LogP contribution < -0.4 is 10.1 Å². The Balaban J connectivity index is 0.00000264. The number of methoxy groups -OCH3 is 1. The van der Waals surface area contributed by atoms with Gasteiger partial charge in [-0.05, 0) is 18.2 Å². The number of guanidine groups is 1. The van der Waals surface area contributed by atoms with Gasteiger partial charge in [-0.25, -0.2) is 4.98 Å². The Morgan fingerprint density at radius 1 is 1.35 bits per heavy atom. The molecule has 2 heterocycles. The van der Waals surface area contributed by atoms with Crippen LogP contribution in [0.1, 0.15) is 11.4 Å². The predicted octanol–water partition coefficient (Wildman–Crippen LogP) is 2.25. The molecule has 0 unspecified atom stereocenters. The van der Waals surface area contributed by atoms with Gasteiger partial charge in [-0.1, -0.05) is 6.07 Å². The Labute approximate surface area is 154 Å². The quantitative estimate of drug-likeness (QED) is 0.450. The van der Waals surface area contributed by atoms with Crippen LogP contribution in [0.4, 0.5) is 0 Å². The number of hydrogen-bond acceptors (Lipinski definition) is 3. The van der Waals surface area contributed by atoms with Crippen LogP contribution in [0.25, 0.3) is 0 Å². The van der Waals surface area contributed by atoms with E-state index in [1.165, 1.54) is 5.69 Å². The van der Waals surface area contributed by atoms with Crippen LogP contribution in [0.5, 0.6) is 5.88 Å². The van der Waals surface area contributed by atoms with Gasteiger partial charge in [-0.2, -0.15) is 0 Å². The third kappa shape index (κ3) is 5.42. The van der Waals surface area contributed by atoms with E-state index in [-0.39, 0.29) is 24.0 Å². The number of rotatable bonds is 5. The van der Waals surface area contributed by atoms with E-state index in [4.69, 9.17) is 4.74 Å². The van der Waals surface area contributed by atoms with Crippen molar-refractivity contribution in [2.24, 2.45) is 12.0 Å². The van der Waals surface area contributed by atoms with Crippen molar-refractivity contribution in [3.05, 3.63) is 47.9 Å². The molecule has 0 aromatic carbocycles. The maximum absolute atomic E-state index is 5.14. The van der Waals surface area contributed by atoms with E-state index in [9.17, 15) is 0 Å². The fraction of sp³-hybridized carbons (Fsp3) is 0.375. The summed E-state index contributed by atoms with van der Waals surface area (Å²) in [6, 6.07) is 9.87. The molecule has 0 aliphatic heterocycles. The number of aromatic nitrogens is 2. The molecule has 1 N–H and O–H groups in total. The number of pyridine rings is 1. The average molecular weight is 429 g/mol. The highest BCUT2D eigenvalue weighted by Gasteiger charge is 2.08. The number of nitrogens with zero attached hydrogens (tertiary/aromatic N) is 4. The molecule has 0 aliphatic rings. The second kappa shape index (κ2) is 9.39. The van der Waals surface area contributed by atoms with E-state index >= 15 is 0 Å². The van der Waals surface area contributed by atoms with E-state index in [0.717, 1.165) is 18.2 Å². The van der Waals surface area contributed by atoms with Crippen LogP contribution in [0, 0.1) is 0 Å². The minimum atomic E-state index is 0. The minimum absolute atomic E-state index is 0. The zero-order valence-electron chi connectivity index (χ0n) is 14.0. The van der Waals surface area contributed by atoms with Crippen molar-refractivity contribution in [3.8, 4) is 5.88 Å². The third-order valence-corrected chi connectivity index (χ3v) is 3.44. The molecule has 0 saturated heterocycles. The molecule has 0 atom stereocenters. The van der Waals surface area contributed by atoms with Crippen LogP contribution in [0.15, 0.2) is 41.5 Å². The second-order valence-corrected chi connectivity index (χ2v) is 5.04. The highest BCUT2D eigenvalue weighted by Crippen LogP contribution is 2.07. The number of halogens is 1. The molecule has 0 amide bonds. The number of nitrogens with one attached hydrogen (secondary N) is 1. The third-order valence-electron chi connectivity index (χ3n) is 3.44. The SMILES string of the molecule is CN=C(NCc1cccc(OC)n1)N(C)Cc1cccn1C.I. The van der Waals surface area contributed by atoms with Gasteiger partial charge in [-0.15, -0.1) is 24.0 Å². The van der Waals surface area contributed by atoms with Gasteiger partial charge >= 0.3 is 0 Å². The molecule has 6 nitrogen and oxygen atoms in total. The molecule has 0 aliphatic carbocycles. The maximum atomic E-state index is 5.14. The molecule has 2 rings (SSSR count). The van der Waals surface area contributed by atoms with Crippen molar-refractivity contribution in [3.63, 3.8) is 0 Å². The van der Waals surface area contributed by atoms with Crippen molar-refractivity contribution >= 4 is 29.9 Å². The standard InChI is InChI=1S/C16H23N5O.HI/c1-17-16(21(3)12-14-8-6-10-20(14)2)18-11-13-7-5-9-15(19-13)22-4;/h5-10H,11-12H2,1-4H3,(H,17,18);1H. The number of aliphatic imine (C=N–C) groups is 1.